The van der Waals surface area contributed by atoms with E-state index in [0.29, 0.717) is 45.9 Å². The van der Waals surface area contributed by atoms with E-state index in [1.54, 1.807) is 31.2 Å². The molecule has 0 bridgehead atoms. The average Bonchev–Trinajstić information content (AvgIpc) is 3.20. The predicted molar refractivity (Wildman–Crippen MR) is 141 cm³/mol. The first-order valence-corrected chi connectivity index (χ1v) is 12.8. The fourth-order valence-corrected chi connectivity index (χ4v) is 6.73. The molecular weight excluding hydrogens is 498 g/mol. The van der Waals surface area contributed by atoms with E-state index in [1.807, 2.05) is 12.1 Å². The van der Waals surface area contributed by atoms with Crippen LogP contribution in [-0.4, -0.2) is 42.7 Å². The average molecular weight is 526 g/mol. The highest BCUT2D eigenvalue weighted by Gasteiger charge is 2.57. The number of phenolic OH excluding ortho intramolecular Hbond substituents is 1. The number of carbonyl (C=O) groups excluding carboxylic acids is 4. The summed E-state index contributed by atoms with van der Waals surface area (Å²) in [6, 6.07) is 11.7. The Balaban J connectivity index is 1.56. The number of phenols is 1. The van der Waals surface area contributed by atoms with Crippen LogP contribution in [0.1, 0.15) is 31.2 Å². The van der Waals surface area contributed by atoms with Crippen molar-refractivity contribution in [2.45, 2.75) is 25.7 Å². The van der Waals surface area contributed by atoms with Crippen molar-refractivity contribution in [3.63, 3.8) is 0 Å². The van der Waals surface area contributed by atoms with E-state index >= 15 is 0 Å². The van der Waals surface area contributed by atoms with Crippen molar-refractivity contribution in [3.05, 3.63) is 82.5 Å². The summed E-state index contributed by atoms with van der Waals surface area (Å²) >= 11 is 0. The first kappa shape index (κ1) is 24.9. The second kappa shape index (κ2) is 9.08. The molecular formula is C31H27NO7. The van der Waals surface area contributed by atoms with Gasteiger partial charge < -0.3 is 14.6 Å². The zero-order chi connectivity index (χ0) is 27.6. The molecule has 4 atom stereocenters. The Morgan fingerprint density at radius 1 is 0.923 bits per heavy atom. The van der Waals surface area contributed by atoms with E-state index in [1.165, 1.54) is 37.3 Å². The molecule has 2 aromatic carbocycles. The Labute approximate surface area is 225 Å². The van der Waals surface area contributed by atoms with Gasteiger partial charge in [-0.3, -0.25) is 24.1 Å². The maximum Gasteiger partial charge on any atom is 0.238 e. The normalized spacial score (nSPS) is 26.1. The minimum absolute atomic E-state index is 0.0797. The molecule has 1 N–H and O–H groups in total. The third-order valence-corrected chi connectivity index (χ3v) is 8.40. The standard InChI is InChI=1S/C31H27NO7/c1-15-11-22(34)21-14-20-18(9-10-19-25(20)31(37)32(30(19)36)16-7-5-4-6-8-16)26(27(21)29(15)35)28-23(38-2)12-17(33)13-24(28)39-3/h4-9,11-13,19-20,25-26,33H,10,14H2,1-3H3. The molecule has 198 valence electrons. The number of benzene rings is 2. The molecule has 0 radical (unpaired) electrons. The highest BCUT2D eigenvalue weighted by Crippen LogP contribution is 2.58. The molecule has 4 unspecified atom stereocenters. The number of hydrogen-bond donors (Lipinski definition) is 1. The molecule has 0 aromatic heterocycles. The van der Waals surface area contributed by atoms with Gasteiger partial charge in [0.15, 0.2) is 11.6 Å². The van der Waals surface area contributed by atoms with Crippen LogP contribution in [0.4, 0.5) is 5.69 Å². The molecule has 2 aromatic rings. The lowest BCUT2D eigenvalue weighted by Crippen LogP contribution is -2.40. The second-order valence-corrected chi connectivity index (χ2v) is 10.3. The number of para-hydroxylation sites is 1. The highest BCUT2D eigenvalue weighted by atomic mass is 16.5. The summed E-state index contributed by atoms with van der Waals surface area (Å²) in [4.78, 5) is 55.7. The van der Waals surface area contributed by atoms with E-state index in [-0.39, 0.29) is 35.6 Å². The van der Waals surface area contributed by atoms with Crippen LogP contribution >= 0.6 is 0 Å². The second-order valence-electron chi connectivity index (χ2n) is 10.3. The maximum absolute atomic E-state index is 13.9. The summed E-state index contributed by atoms with van der Waals surface area (Å²) in [6.45, 7) is 1.61. The van der Waals surface area contributed by atoms with Crippen LogP contribution in [0.5, 0.6) is 17.2 Å². The maximum atomic E-state index is 13.9. The quantitative estimate of drug-likeness (QED) is 0.364. The van der Waals surface area contributed by atoms with Gasteiger partial charge in [-0.2, -0.15) is 0 Å². The van der Waals surface area contributed by atoms with Crippen LogP contribution in [0.3, 0.4) is 0 Å². The number of hydrogen-bond acceptors (Lipinski definition) is 7. The van der Waals surface area contributed by atoms with E-state index < -0.39 is 23.7 Å². The summed E-state index contributed by atoms with van der Waals surface area (Å²) in [5.41, 5.74) is 2.79. The van der Waals surface area contributed by atoms with Gasteiger partial charge in [-0.15, -0.1) is 0 Å². The van der Waals surface area contributed by atoms with Gasteiger partial charge in [0.25, 0.3) is 0 Å². The summed E-state index contributed by atoms with van der Waals surface area (Å²) in [5, 5.41) is 10.3. The van der Waals surface area contributed by atoms with Gasteiger partial charge in [0.2, 0.25) is 11.8 Å². The van der Waals surface area contributed by atoms with Crippen LogP contribution in [-0.2, 0) is 19.2 Å². The monoisotopic (exact) mass is 525 g/mol. The van der Waals surface area contributed by atoms with Gasteiger partial charge in [-0.25, -0.2) is 0 Å². The van der Waals surface area contributed by atoms with Crippen molar-refractivity contribution >= 4 is 29.1 Å². The van der Waals surface area contributed by atoms with Crippen molar-refractivity contribution in [2.75, 3.05) is 19.1 Å². The molecule has 39 heavy (non-hydrogen) atoms. The summed E-state index contributed by atoms with van der Waals surface area (Å²) in [6.07, 6.45) is 3.79. The number of carbonyl (C=O) groups is 4. The summed E-state index contributed by atoms with van der Waals surface area (Å²) in [7, 11) is 2.91. The Kier molecular flexibility index (Phi) is 5.79. The number of imide groups is 1. The number of anilines is 1. The molecule has 1 saturated heterocycles. The SMILES string of the molecule is COc1cc(O)cc(OC)c1C1C2=CCC3C(=O)N(c4ccccc4)C(=O)C3C2CC2=C1C(=O)C(C)=CC2=O. The molecule has 4 aliphatic rings. The minimum atomic E-state index is -0.751. The lowest BCUT2D eigenvalue weighted by atomic mass is 9.59. The zero-order valence-corrected chi connectivity index (χ0v) is 21.8. The fourth-order valence-electron chi connectivity index (χ4n) is 6.73. The van der Waals surface area contributed by atoms with Gasteiger partial charge in [-0.1, -0.05) is 29.8 Å². The number of allylic oxidation sites excluding steroid dienone is 6. The van der Waals surface area contributed by atoms with Crippen molar-refractivity contribution in [1.29, 1.82) is 0 Å². The van der Waals surface area contributed by atoms with Crippen LogP contribution < -0.4 is 14.4 Å². The Hall–Kier alpha value is -4.46. The number of ether oxygens (including phenoxy) is 2. The smallest absolute Gasteiger partial charge is 0.238 e. The van der Waals surface area contributed by atoms with Crippen molar-refractivity contribution in [3.8, 4) is 17.2 Å². The minimum Gasteiger partial charge on any atom is -0.508 e. The van der Waals surface area contributed by atoms with Crippen molar-refractivity contribution < 1.29 is 33.8 Å². The molecule has 1 fully saturated rings. The Morgan fingerprint density at radius 3 is 2.23 bits per heavy atom. The van der Waals surface area contributed by atoms with E-state index in [9.17, 15) is 24.3 Å². The van der Waals surface area contributed by atoms with Gasteiger partial charge >= 0.3 is 0 Å². The number of ketones is 2. The lowest BCUT2D eigenvalue weighted by Gasteiger charge is -2.42. The molecule has 1 heterocycles. The largest absolute Gasteiger partial charge is 0.508 e. The summed E-state index contributed by atoms with van der Waals surface area (Å²) in [5.74, 6) is -3.08. The van der Waals surface area contributed by atoms with E-state index in [2.05, 4.69) is 0 Å². The van der Waals surface area contributed by atoms with E-state index in [4.69, 9.17) is 9.47 Å². The third-order valence-electron chi connectivity index (χ3n) is 8.40. The van der Waals surface area contributed by atoms with Crippen LogP contribution in [0.2, 0.25) is 0 Å². The van der Waals surface area contributed by atoms with Gasteiger partial charge in [0, 0.05) is 40.3 Å². The molecule has 8 heteroatoms. The number of Topliss-reactive ketones (excluding diaryl/α,β-unsaturated/α-hetero) is 1. The number of nitrogens with zero attached hydrogens (tertiary/aromatic N) is 1. The number of amides is 2. The third kappa shape index (κ3) is 3.58. The number of methoxy groups -OCH3 is 2. The van der Waals surface area contributed by atoms with E-state index in [0.717, 1.165) is 5.57 Å². The lowest BCUT2D eigenvalue weighted by molar-refractivity contribution is -0.123. The number of fused-ring (bicyclic) bond motifs is 3. The highest BCUT2D eigenvalue weighted by molar-refractivity contribution is 6.25. The molecule has 8 nitrogen and oxygen atoms in total. The number of rotatable bonds is 4. The fraction of sp³-hybridized carbons (Fsp3) is 0.290. The first-order valence-electron chi connectivity index (χ1n) is 12.8. The van der Waals surface area contributed by atoms with Crippen LogP contribution in [0.15, 0.2) is 76.9 Å². The Bertz CT molecular complexity index is 1520. The van der Waals surface area contributed by atoms with Crippen molar-refractivity contribution in [2.24, 2.45) is 17.8 Å². The first-order chi connectivity index (χ1) is 18.8. The van der Waals surface area contributed by atoms with Gasteiger partial charge in [-0.05, 0) is 43.9 Å². The molecule has 0 saturated carbocycles. The zero-order valence-electron chi connectivity index (χ0n) is 21.8. The van der Waals surface area contributed by atoms with Crippen molar-refractivity contribution in [1.82, 2.24) is 0 Å². The topological polar surface area (TPSA) is 110 Å². The number of aromatic hydroxyl groups is 1. The predicted octanol–water partition coefficient (Wildman–Crippen LogP) is 4.04. The molecule has 3 aliphatic carbocycles. The molecule has 2 amide bonds. The van der Waals surface area contributed by atoms with Crippen LogP contribution in [0.25, 0.3) is 0 Å². The Morgan fingerprint density at radius 2 is 1.59 bits per heavy atom. The van der Waals surface area contributed by atoms with Crippen LogP contribution in [0, 0.1) is 17.8 Å². The van der Waals surface area contributed by atoms with Gasteiger partial charge in [0.1, 0.15) is 17.2 Å². The molecule has 6 rings (SSSR count). The van der Waals surface area contributed by atoms with Gasteiger partial charge in [0.05, 0.1) is 31.7 Å². The molecule has 0 spiro atoms. The summed E-state index contributed by atoms with van der Waals surface area (Å²) < 4.78 is 11.3. The molecule has 1 aliphatic heterocycles.